The van der Waals surface area contributed by atoms with Crippen molar-refractivity contribution in [1.29, 1.82) is 0 Å². The Bertz CT molecular complexity index is 830. The quantitative estimate of drug-likeness (QED) is 0.669. The minimum atomic E-state index is -4.60. The fourth-order valence-electron chi connectivity index (χ4n) is 2.27. The molecule has 25 heavy (non-hydrogen) atoms. The molecular formula is C15H15F3N4O3. The molecule has 134 valence electrons. The second kappa shape index (κ2) is 6.54. The Kier molecular flexibility index (Phi) is 4.82. The van der Waals surface area contributed by atoms with E-state index in [4.69, 9.17) is 0 Å². The molecule has 0 aliphatic rings. The van der Waals surface area contributed by atoms with Crippen molar-refractivity contribution < 1.29 is 22.9 Å². The molecule has 0 aliphatic heterocycles. The highest BCUT2D eigenvalue weighted by Crippen LogP contribution is 2.29. The molecule has 1 aromatic heterocycles. The number of nitro benzene ring substituents is 1. The summed E-state index contributed by atoms with van der Waals surface area (Å²) in [4.78, 5) is 22.5. The number of nitrogens with one attached hydrogen (secondary N) is 1. The Morgan fingerprint density at radius 1 is 1.32 bits per heavy atom. The van der Waals surface area contributed by atoms with Crippen LogP contribution in [0.3, 0.4) is 0 Å². The first-order valence-corrected chi connectivity index (χ1v) is 7.20. The van der Waals surface area contributed by atoms with Crippen LogP contribution in [0.1, 0.15) is 29.9 Å². The highest BCUT2D eigenvalue weighted by Gasteiger charge is 2.35. The summed E-state index contributed by atoms with van der Waals surface area (Å²) in [7, 11) is 0. The minimum Gasteiger partial charge on any atom is -0.324 e. The molecule has 1 aromatic carbocycles. The number of carbonyl (C=O) groups excluding carboxylic acids is 1. The second-order valence-electron chi connectivity index (χ2n) is 5.53. The Morgan fingerprint density at radius 2 is 1.96 bits per heavy atom. The molecule has 0 bridgehead atoms. The van der Waals surface area contributed by atoms with Crippen LogP contribution < -0.4 is 5.32 Å². The molecule has 0 fully saturated rings. The summed E-state index contributed by atoms with van der Waals surface area (Å²) >= 11 is 0. The van der Waals surface area contributed by atoms with E-state index in [2.05, 4.69) is 10.4 Å². The van der Waals surface area contributed by atoms with E-state index in [0.717, 1.165) is 10.7 Å². The first kappa shape index (κ1) is 18.4. The first-order chi connectivity index (χ1) is 11.5. The van der Waals surface area contributed by atoms with Crippen LogP contribution in [-0.2, 0) is 11.0 Å². The van der Waals surface area contributed by atoms with Gasteiger partial charge in [-0.3, -0.25) is 19.6 Å². The maximum atomic E-state index is 12.7. The predicted molar refractivity (Wildman–Crippen MR) is 83.1 cm³/mol. The van der Waals surface area contributed by atoms with Crippen LogP contribution in [0.4, 0.5) is 24.5 Å². The van der Waals surface area contributed by atoms with Gasteiger partial charge in [-0.2, -0.15) is 18.3 Å². The highest BCUT2D eigenvalue weighted by atomic mass is 19.4. The summed E-state index contributed by atoms with van der Waals surface area (Å²) in [5.74, 6) is -0.586. The van der Waals surface area contributed by atoms with Crippen LogP contribution in [-0.4, -0.2) is 20.6 Å². The van der Waals surface area contributed by atoms with Crippen LogP contribution in [0.15, 0.2) is 24.3 Å². The maximum Gasteiger partial charge on any atom is 0.435 e. The zero-order valence-corrected chi connectivity index (χ0v) is 13.6. The molecule has 0 saturated heterocycles. The lowest BCUT2D eigenvalue weighted by Gasteiger charge is -2.15. The number of anilines is 1. The number of aromatic nitrogens is 2. The summed E-state index contributed by atoms with van der Waals surface area (Å²) in [5.41, 5.74) is -0.209. The lowest BCUT2D eigenvalue weighted by atomic mass is 10.1. The number of hydrogen-bond donors (Lipinski definition) is 1. The van der Waals surface area contributed by atoms with E-state index in [1.54, 1.807) is 6.92 Å². The zero-order chi connectivity index (χ0) is 18.9. The van der Waals surface area contributed by atoms with Crippen LogP contribution in [0, 0.1) is 24.0 Å². The molecule has 1 heterocycles. The third-order valence-corrected chi connectivity index (χ3v) is 3.64. The van der Waals surface area contributed by atoms with E-state index in [9.17, 15) is 28.1 Å². The Balaban J connectivity index is 2.21. The molecule has 1 unspecified atom stereocenters. The van der Waals surface area contributed by atoms with E-state index in [1.807, 2.05) is 0 Å². The summed E-state index contributed by atoms with van der Waals surface area (Å²) < 4.78 is 39.1. The largest absolute Gasteiger partial charge is 0.435 e. The van der Waals surface area contributed by atoms with E-state index in [1.165, 1.54) is 32.0 Å². The van der Waals surface area contributed by atoms with Crippen molar-refractivity contribution in [2.24, 2.45) is 0 Å². The topological polar surface area (TPSA) is 90.1 Å². The molecule has 2 rings (SSSR count). The monoisotopic (exact) mass is 356 g/mol. The number of hydrogen-bond acceptors (Lipinski definition) is 4. The van der Waals surface area contributed by atoms with Crippen molar-refractivity contribution in [3.05, 3.63) is 51.3 Å². The molecule has 0 spiro atoms. The lowest BCUT2D eigenvalue weighted by Crippen LogP contribution is -2.26. The van der Waals surface area contributed by atoms with Gasteiger partial charge >= 0.3 is 6.18 Å². The number of benzene rings is 1. The van der Waals surface area contributed by atoms with Gasteiger partial charge in [0, 0.05) is 23.5 Å². The number of halogens is 3. The zero-order valence-electron chi connectivity index (χ0n) is 13.6. The van der Waals surface area contributed by atoms with E-state index in [0.29, 0.717) is 11.3 Å². The van der Waals surface area contributed by atoms with Crippen molar-refractivity contribution in [3.8, 4) is 0 Å². The maximum absolute atomic E-state index is 12.7. The molecule has 2 aromatic rings. The third-order valence-electron chi connectivity index (χ3n) is 3.64. The van der Waals surface area contributed by atoms with Crippen LogP contribution in [0.5, 0.6) is 0 Å². The van der Waals surface area contributed by atoms with Gasteiger partial charge in [-0.05, 0) is 38.5 Å². The van der Waals surface area contributed by atoms with Crippen molar-refractivity contribution in [1.82, 2.24) is 9.78 Å². The van der Waals surface area contributed by atoms with E-state index >= 15 is 0 Å². The number of rotatable bonds is 4. The predicted octanol–water partition coefficient (Wildman–Crippen LogP) is 3.63. The lowest BCUT2D eigenvalue weighted by molar-refractivity contribution is -0.384. The molecule has 1 atom stereocenters. The molecule has 0 radical (unpaired) electrons. The average molecular weight is 356 g/mol. The summed E-state index contributed by atoms with van der Waals surface area (Å²) in [6.45, 7) is 4.41. The molecule has 10 heteroatoms. The van der Waals surface area contributed by atoms with E-state index < -0.39 is 28.7 Å². The number of aryl methyl sites for hydroxylation is 2. The van der Waals surface area contributed by atoms with Gasteiger partial charge in [0.1, 0.15) is 6.04 Å². The molecule has 1 amide bonds. The molecule has 0 saturated carbocycles. The van der Waals surface area contributed by atoms with Gasteiger partial charge in [0.05, 0.1) is 4.92 Å². The standard InChI is InChI=1S/C15H15F3N4O3/c1-8-6-11(22(24)25)4-5-12(8)19-14(23)10(3)21-9(2)7-13(20-21)15(16,17)18/h4-7,10H,1-3H3,(H,19,23). The summed E-state index contributed by atoms with van der Waals surface area (Å²) in [6.07, 6.45) is -4.60. The van der Waals surface area contributed by atoms with Crippen molar-refractivity contribution in [2.75, 3.05) is 5.32 Å². The number of carbonyl (C=O) groups is 1. The van der Waals surface area contributed by atoms with E-state index in [-0.39, 0.29) is 11.4 Å². The minimum absolute atomic E-state index is 0.124. The van der Waals surface area contributed by atoms with Gasteiger partial charge in [0.15, 0.2) is 5.69 Å². The Labute approximate surface area is 140 Å². The number of non-ortho nitro benzene ring substituents is 1. The van der Waals surface area contributed by atoms with Crippen molar-refractivity contribution in [3.63, 3.8) is 0 Å². The van der Waals surface area contributed by atoms with Crippen LogP contribution >= 0.6 is 0 Å². The summed E-state index contributed by atoms with van der Waals surface area (Å²) in [5, 5.41) is 16.7. The number of amides is 1. The first-order valence-electron chi connectivity index (χ1n) is 7.20. The smallest absolute Gasteiger partial charge is 0.324 e. The van der Waals surface area contributed by atoms with Gasteiger partial charge in [-0.1, -0.05) is 0 Å². The number of alkyl halides is 3. The molecule has 1 N–H and O–H groups in total. The average Bonchev–Trinajstić information content (AvgIpc) is 2.90. The van der Waals surface area contributed by atoms with Gasteiger partial charge in [-0.25, -0.2) is 0 Å². The fraction of sp³-hybridized carbons (Fsp3) is 0.333. The number of nitro groups is 1. The van der Waals surface area contributed by atoms with Crippen molar-refractivity contribution >= 4 is 17.3 Å². The van der Waals surface area contributed by atoms with Gasteiger partial charge < -0.3 is 5.32 Å². The molecule has 0 aliphatic carbocycles. The SMILES string of the molecule is Cc1cc([N+](=O)[O-])ccc1NC(=O)C(C)n1nc(C(F)(F)F)cc1C. The molecular weight excluding hydrogens is 341 g/mol. The normalized spacial score (nSPS) is 12.7. The van der Waals surface area contributed by atoms with Gasteiger partial charge in [0.25, 0.3) is 5.69 Å². The molecule has 7 nitrogen and oxygen atoms in total. The Hall–Kier alpha value is -2.91. The highest BCUT2D eigenvalue weighted by molar-refractivity contribution is 5.94. The Morgan fingerprint density at radius 3 is 2.44 bits per heavy atom. The van der Waals surface area contributed by atoms with Gasteiger partial charge in [-0.15, -0.1) is 0 Å². The van der Waals surface area contributed by atoms with Crippen molar-refractivity contribution in [2.45, 2.75) is 33.0 Å². The fourth-order valence-corrected chi connectivity index (χ4v) is 2.27. The summed E-state index contributed by atoms with van der Waals surface area (Å²) in [6, 6.07) is 3.76. The van der Waals surface area contributed by atoms with Crippen LogP contribution in [0.2, 0.25) is 0 Å². The third kappa shape index (κ3) is 3.95. The van der Waals surface area contributed by atoms with Gasteiger partial charge in [0.2, 0.25) is 5.91 Å². The number of nitrogens with zero attached hydrogens (tertiary/aromatic N) is 3. The second-order valence-corrected chi connectivity index (χ2v) is 5.53. The van der Waals surface area contributed by atoms with Crippen LogP contribution in [0.25, 0.3) is 0 Å².